The monoisotopic (exact) mass is 299 g/mol. The molecule has 1 heteroatoms. The molecule has 3 rings (SSSR count). The minimum absolute atomic E-state index is 0.763. The van der Waals surface area contributed by atoms with Crippen molar-refractivity contribution >= 4 is 0 Å². The van der Waals surface area contributed by atoms with E-state index in [9.17, 15) is 0 Å². The van der Waals surface area contributed by atoms with Gasteiger partial charge in [0.15, 0.2) is 0 Å². The number of fused-ring (bicyclic) bond motifs is 1. The minimum atomic E-state index is 0.763. The van der Waals surface area contributed by atoms with E-state index >= 15 is 0 Å². The lowest BCUT2D eigenvalue weighted by Crippen LogP contribution is -2.35. The molecule has 1 heterocycles. The van der Waals surface area contributed by atoms with Crippen molar-refractivity contribution in [1.29, 1.82) is 0 Å². The highest BCUT2D eigenvalue weighted by atomic mass is 15.1. The topological polar surface area (TPSA) is 3.24 Å². The molecule has 2 atom stereocenters. The third kappa shape index (κ3) is 4.23. The van der Waals surface area contributed by atoms with Gasteiger partial charge in [0.2, 0.25) is 0 Å². The molecule has 1 aliphatic heterocycles. The van der Waals surface area contributed by atoms with Gasteiger partial charge in [0, 0.05) is 19.6 Å². The van der Waals surface area contributed by atoms with Crippen LogP contribution in [0.3, 0.4) is 0 Å². The summed E-state index contributed by atoms with van der Waals surface area (Å²) < 4.78 is 0. The molecular weight excluding hydrogens is 266 g/mol. The largest absolute Gasteiger partial charge is 0.298 e. The Hall–Kier alpha value is -1.08. The Labute approximate surface area is 137 Å². The molecular formula is C21H33N. The van der Waals surface area contributed by atoms with Crippen LogP contribution in [0.5, 0.6) is 0 Å². The molecule has 0 bridgehead atoms. The molecule has 2 aliphatic rings. The second kappa shape index (κ2) is 8.53. The number of rotatable bonds is 3. The first-order chi connectivity index (χ1) is 10.7. The number of aryl methyl sites for hydroxylation is 1. The van der Waals surface area contributed by atoms with Crippen molar-refractivity contribution in [2.45, 2.75) is 59.4 Å². The van der Waals surface area contributed by atoms with Crippen LogP contribution in [0.15, 0.2) is 30.9 Å². The third-order valence-electron chi connectivity index (χ3n) is 5.09. The van der Waals surface area contributed by atoms with E-state index in [0.717, 1.165) is 18.4 Å². The lowest BCUT2D eigenvalue weighted by molar-refractivity contribution is 0.201. The summed E-state index contributed by atoms with van der Waals surface area (Å²) in [5, 5.41) is 0. The molecule has 2 unspecified atom stereocenters. The van der Waals surface area contributed by atoms with Gasteiger partial charge < -0.3 is 0 Å². The van der Waals surface area contributed by atoms with Crippen LogP contribution in [0.25, 0.3) is 0 Å². The second-order valence-corrected chi connectivity index (χ2v) is 7.00. The standard InChI is InChI=1S/C18H25N.C3H8/c1-3-15-7-5-8-16(15)12-19-11-10-18-14(2)6-4-9-17(18)13-19;1-3-2/h3-4,6,9,15-16H,1,5,7-8,10-13H2,2H3;3H2,1-2H3. The third-order valence-corrected chi connectivity index (χ3v) is 5.09. The lowest BCUT2D eigenvalue weighted by atomic mass is 9.92. The van der Waals surface area contributed by atoms with Crippen LogP contribution in [0.2, 0.25) is 0 Å². The normalized spacial score (nSPS) is 24.3. The minimum Gasteiger partial charge on any atom is -0.298 e. The van der Waals surface area contributed by atoms with Crippen molar-refractivity contribution in [3.8, 4) is 0 Å². The number of hydrogen-bond acceptors (Lipinski definition) is 1. The van der Waals surface area contributed by atoms with E-state index in [-0.39, 0.29) is 0 Å². The highest BCUT2D eigenvalue weighted by Gasteiger charge is 2.28. The highest BCUT2D eigenvalue weighted by molar-refractivity contribution is 5.36. The number of benzene rings is 1. The average Bonchev–Trinajstić information content (AvgIpc) is 2.95. The summed E-state index contributed by atoms with van der Waals surface area (Å²) in [7, 11) is 0. The summed E-state index contributed by atoms with van der Waals surface area (Å²) in [5.74, 6) is 1.61. The maximum atomic E-state index is 4.02. The Kier molecular flexibility index (Phi) is 6.70. The zero-order valence-electron chi connectivity index (χ0n) is 14.8. The zero-order valence-corrected chi connectivity index (χ0v) is 14.8. The summed E-state index contributed by atoms with van der Waals surface area (Å²) >= 11 is 0. The lowest BCUT2D eigenvalue weighted by Gasteiger charge is -2.32. The molecule has 0 amide bonds. The molecule has 22 heavy (non-hydrogen) atoms. The van der Waals surface area contributed by atoms with Crippen molar-refractivity contribution < 1.29 is 0 Å². The number of hydrogen-bond donors (Lipinski definition) is 0. The second-order valence-electron chi connectivity index (χ2n) is 7.00. The van der Waals surface area contributed by atoms with Gasteiger partial charge in [0.25, 0.3) is 0 Å². The van der Waals surface area contributed by atoms with Crippen LogP contribution in [-0.4, -0.2) is 18.0 Å². The van der Waals surface area contributed by atoms with Gasteiger partial charge in [0.05, 0.1) is 0 Å². The van der Waals surface area contributed by atoms with E-state index < -0.39 is 0 Å². The quantitative estimate of drug-likeness (QED) is 0.678. The Morgan fingerprint density at radius 1 is 1.27 bits per heavy atom. The Bertz CT molecular complexity index is 477. The predicted octanol–water partition coefficient (Wildman–Crippen LogP) is 5.37. The molecule has 0 radical (unpaired) electrons. The fourth-order valence-corrected chi connectivity index (χ4v) is 3.95. The van der Waals surface area contributed by atoms with Crippen molar-refractivity contribution in [3.63, 3.8) is 0 Å². The van der Waals surface area contributed by atoms with Gasteiger partial charge in [-0.15, -0.1) is 6.58 Å². The molecule has 0 N–H and O–H groups in total. The van der Waals surface area contributed by atoms with Gasteiger partial charge in [0.1, 0.15) is 0 Å². The fourth-order valence-electron chi connectivity index (χ4n) is 3.95. The Morgan fingerprint density at radius 3 is 2.77 bits per heavy atom. The molecule has 1 aliphatic carbocycles. The van der Waals surface area contributed by atoms with Gasteiger partial charge in [-0.25, -0.2) is 0 Å². The maximum absolute atomic E-state index is 4.02. The van der Waals surface area contributed by atoms with Crippen LogP contribution in [-0.2, 0) is 13.0 Å². The number of nitrogens with zero attached hydrogens (tertiary/aromatic N) is 1. The van der Waals surface area contributed by atoms with Crippen molar-refractivity contribution in [3.05, 3.63) is 47.5 Å². The molecule has 1 saturated carbocycles. The van der Waals surface area contributed by atoms with Crippen LogP contribution >= 0.6 is 0 Å². The number of allylic oxidation sites excluding steroid dienone is 1. The SMILES string of the molecule is C=CC1CCCC1CN1CCc2c(C)cccc2C1.CCC. The first-order valence-electron chi connectivity index (χ1n) is 9.11. The summed E-state index contributed by atoms with van der Waals surface area (Å²) in [4.78, 5) is 2.66. The van der Waals surface area contributed by atoms with Crippen LogP contribution < -0.4 is 0 Å². The molecule has 0 aromatic heterocycles. The van der Waals surface area contributed by atoms with E-state index in [4.69, 9.17) is 0 Å². The zero-order chi connectivity index (χ0) is 15.9. The Balaban J connectivity index is 0.000000545. The van der Waals surface area contributed by atoms with Crippen LogP contribution in [0, 0.1) is 18.8 Å². The molecule has 0 spiro atoms. The molecule has 1 fully saturated rings. The Morgan fingerprint density at radius 2 is 2.05 bits per heavy atom. The van der Waals surface area contributed by atoms with E-state index in [1.807, 2.05) is 0 Å². The summed E-state index contributed by atoms with van der Waals surface area (Å²) in [6.45, 7) is 14.2. The molecule has 1 nitrogen and oxygen atoms in total. The summed E-state index contributed by atoms with van der Waals surface area (Å²) in [6, 6.07) is 6.77. The van der Waals surface area contributed by atoms with Gasteiger partial charge in [-0.3, -0.25) is 4.90 Å². The summed E-state index contributed by atoms with van der Waals surface area (Å²) in [5.41, 5.74) is 4.63. The van der Waals surface area contributed by atoms with E-state index in [1.165, 1.54) is 50.8 Å². The van der Waals surface area contributed by atoms with Crippen LogP contribution in [0.1, 0.15) is 56.2 Å². The molecule has 122 valence electrons. The first kappa shape index (κ1) is 17.3. The van der Waals surface area contributed by atoms with Gasteiger partial charge in [-0.2, -0.15) is 0 Å². The van der Waals surface area contributed by atoms with Crippen LogP contribution in [0.4, 0.5) is 0 Å². The maximum Gasteiger partial charge on any atom is 0.0236 e. The predicted molar refractivity (Wildman–Crippen MR) is 97.2 cm³/mol. The first-order valence-corrected chi connectivity index (χ1v) is 9.11. The molecule has 1 aromatic carbocycles. The average molecular weight is 300 g/mol. The van der Waals surface area contributed by atoms with Crippen molar-refractivity contribution in [2.24, 2.45) is 11.8 Å². The van der Waals surface area contributed by atoms with Gasteiger partial charge in [-0.05, 0) is 54.7 Å². The fraction of sp³-hybridized carbons (Fsp3) is 0.619. The van der Waals surface area contributed by atoms with E-state index in [0.29, 0.717) is 0 Å². The summed E-state index contributed by atoms with van der Waals surface area (Å²) in [6.07, 6.45) is 8.82. The van der Waals surface area contributed by atoms with Crippen molar-refractivity contribution in [1.82, 2.24) is 4.90 Å². The van der Waals surface area contributed by atoms with Gasteiger partial charge >= 0.3 is 0 Å². The van der Waals surface area contributed by atoms with E-state index in [1.54, 1.807) is 11.1 Å². The smallest absolute Gasteiger partial charge is 0.0236 e. The molecule has 0 saturated heterocycles. The van der Waals surface area contributed by atoms with Gasteiger partial charge in [-0.1, -0.05) is 51.0 Å². The van der Waals surface area contributed by atoms with E-state index in [2.05, 4.69) is 56.5 Å². The van der Waals surface area contributed by atoms with Crippen molar-refractivity contribution in [2.75, 3.05) is 13.1 Å². The molecule has 1 aromatic rings. The highest BCUT2D eigenvalue weighted by Crippen LogP contribution is 2.34.